The molecule has 156 valence electrons. The van der Waals surface area contributed by atoms with Crippen molar-refractivity contribution in [1.29, 1.82) is 0 Å². The Kier molecular flexibility index (Phi) is 5.36. The summed E-state index contributed by atoms with van der Waals surface area (Å²) in [5.41, 5.74) is 4.66. The number of sulfonamides is 1. The summed E-state index contributed by atoms with van der Waals surface area (Å²) in [7, 11) is -3.98. The Bertz CT molecular complexity index is 1190. The molecule has 2 aromatic rings. The number of carbonyl (C=O) groups is 1. The van der Waals surface area contributed by atoms with Gasteiger partial charge in [0.2, 0.25) is 16.0 Å². The Morgan fingerprint density at radius 3 is 2.67 bits per heavy atom. The molecule has 0 unspecified atom stereocenters. The Hall–Kier alpha value is -3.66. The van der Waals surface area contributed by atoms with E-state index in [1.807, 2.05) is 0 Å². The molecule has 0 radical (unpaired) electrons. The van der Waals surface area contributed by atoms with Crippen LogP contribution in [0.15, 0.2) is 72.0 Å². The normalized spacial score (nSPS) is 20.2. The van der Waals surface area contributed by atoms with Crippen molar-refractivity contribution >= 4 is 33.7 Å². The van der Waals surface area contributed by atoms with E-state index < -0.39 is 33.0 Å². The standard InChI is InChI=1S/C20H19FN4O4S/c1-4-13-9-10-29-17(13)18(26)23-14-7-8-16(21)15(11-14)20(5-2)12-30(27,28)25(6-3)19(22)24-20/h4-11H,1-3,12H2,(H2,22,24)(H,23,26)/t20-/m0/s1. The molecule has 0 spiro atoms. The predicted molar refractivity (Wildman–Crippen MR) is 112 cm³/mol. The molecule has 30 heavy (non-hydrogen) atoms. The second-order valence-electron chi connectivity index (χ2n) is 6.39. The van der Waals surface area contributed by atoms with Crippen LogP contribution in [0.4, 0.5) is 10.1 Å². The van der Waals surface area contributed by atoms with E-state index in [1.54, 1.807) is 6.07 Å². The summed E-state index contributed by atoms with van der Waals surface area (Å²) in [5, 5.41) is 2.58. The average molecular weight is 430 g/mol. The van der Waals surface area contributed by atoms with Gasteiger partial charge in [0, 0.05) is 23.0 Å². The zero-order valence-corrected chi connectivity index (χ0v) is 16.7. The van der Waals surface area contributed by atoms with Crippen LogP contribution < -0.4 is 11.1 Å². The van der Waals surface area contributed by atoms with Crippen LogP contribution >= 0.6 is 0 Å². The van der Waals surface area contributed by atoms with Crippen LogP contribution in [0.2, 0.25) is 0 Å². The van der Waals surface area contributed by atoms with Crippen LogP contribution in [0.3, 0.4) is 0 Å². The number of amides is 1. The highest BCUT2D eigenvalue weighted by atomic mass is 32.2. The second kappa shape index (κ2) is 7.64. The molecule has 10 heteroatoms. The molecule has 1 atom stereocenters. The van der Waals surface area contributed by atoms with Crippen LogP contribution in [0.1, 0.15) is 21.7 Å². The molecule has 3 N–H and O–H groups in total. The lowest BCUT2D eigenvalue weighted by Crippen LogP contribution is -2.50. The summed E-state index contributed by atoms with van der Waals surface area (Å²) in [5.74, 6) is -2.30. The van der Waals surface area contributed by atoms with Crippen LogP contribution in [0.25, 0.3) is 6.08 Å². The summed E-state index contributed by atoms with van der Waals surface area (Å²) < 4.78 is 45.8. The van der Waals surface area contributed by atoms with Crippen molar-refractivity contribution < 1.29 is 22.0 Å². The van der Waals surface area contributed by atoms with Crippen LogP contribution in [0, 0.1) is 5.82 Å². The van der Waals surface area contributed by atoms with Crippen molar-refractivity contribution in [3.8, 4) is 0 Å². The third kappa shape index (κ3) is 3.52. The van der Waals surface area contributed by atoms with E-state index in [2.05, 4.69) is 30.0 Å². The van der Waals surface area contributed by atoms with Gasteiger partial charge >= 0.3 is 0 Å². The minimum absolute atomic E-state index is 0.0263. The van der Waals surface area contributed by atoms with Gasteiger partial charge in [0.25, 0.3) is 5.91 Å². The number of anilines is 1. The zero-order valence-electron chi connectivity index (χ0n) is 15.8. The van der Waals surface area contributed by atoms with Crippen molar-refractivity contribution in [3.63, 3.8) is 0 Å². The summed E-state index contributed by atoms with van der Waals surface area (Å²) >= 11 is 0. The van der Waals surface area contributed by atoms with Gasteiger partial charge in [0.05, 0.1) is 6.26 Å². The van der Waals surface area contributed by atoms with Crippen LogP contribution in [-0.2, 0) is 15.6 Å². The van der Waals surface area contributed by atoms with Gasteiger partial charge in [-0.2, -0.15) is 0 Å². The summed E-state index contributed by atoms with van der Waals surface area (Å²) in [4.78, 5) is 16.7. The monoisotopic (exact) mass is 430 g/mol. The smallest absolute Gasteiger partial charge is 0.291 e. The number of benzene rings is 1. The largest absolute Gasteiger partial charge is 0.459 e. The van der Waals surface area contributed by atoms with Crippen molar-refractivity contribution in [3.05, 3.63) is 85.2 Å². The van der Waals surface area contributed by atoms with Crippen molar-refractivity contribution in [1.82, 2.24) is 4.31 Å². The van der Waals surface area contributed by atoms with E-state index in [0.717, 1.165) is 12.3 Å². The number of hydrogen-bond acceptors (Lipinski definition) is 6. The van der Waals surface area contributed by atoms with E-state index in [4.69, 9.17) is 10.2 Å². The molecule has 8 nitrogen and oxygen atoms in total. The third-order valence-electron chi connectivity index (χ3n) is 4.56. The van der Waals surface area contributed by atoms with Gasteiger partial charge in [-0.05, 0) is 24.3 Å². The molecule has 0 saturated carbocycles. The molecule has 3 rings (SSSR count). The first-order valence-corrected chi connectivity index (χ1v) is 10.2. The highest BCUT2D eigenvalue weighted by Crippen LogP contribution is 2.36. The minimum atomic E-state index is -3.98. The molecule has 2 heterocycles. The SMILES string of the molecule is C=Cc1ccoc1C(=O)Nc1ccc(F)c([C@]2(C=C)CS(=O)(=O)N(C=C)C(N)=N2)c1. The fourth-order valence-electron chi connectivity index (χ4n) is 3.12. The number of nitrogens with two attached hydrogens (primary N) is 1. The van der Waals surface area contributed by atoms with Gasteiger partial charge in [-0.1, -0.05) is 25.3 Å². The fourth-order valence-corrected chi connectivity index (χ4v) is 4.71. The van der Waals surface area contributed by atoms with Gasteiger partial charge in [-0.3, -0.25) is 4.79 Å². The number of rotatable bonds is 6. The maximum atomic E-state index is 14.7. The summed E-state index contributed by atoms with van der Waals surface area (Å²) in [6, 6.07) is 5.26. The van der Waals surface area contributed by atoms with Gasteiger partial charge < -0.3 is 15.5 Å². The highest BCUT2D eigenvalue weighted by Gasteiger charge is 2.43. The van der Waals surface area contributed by atoms with E-state index in [0.29, 0.717) is 9.87 Å². The molecule has 0 bridgehead atoms. The first kappa shape index (κ1) is 21.1. The lowest BCUT2D eigenvalue weighted by atomic mass is 9.91. The van der Waals surface area contributed by atoms with E-state index in [9.17, 15) is 17.6 Å². The summed E-state index contributed by atoms with van der Waals surface area (Å²) in [6.07, 6.45) is 5.00. The Morgan fingerprint density at radius 2 is 2.07 bits per heavy atom. The molecular formula is C20H19FN4O4S. The minimum Gasteiger partial charge on any atom is -0.459 e. The van der Waals surface area contributed by atoms with E-state index in [-0.39, 0.29) is 23.0 Å². The topological polar surface area (TPSA) is 118 Å². The van der Waals surface area contributed by atoms with E-state index in [1.165, 1.54) is 30.5 Å². The number of furan rings is 1. The predicted octanol–water partition coefficient (Wildman–Crippen LogP) is 2.80. The molecule has 0 fully saturated rings. The molecule has 0 aliphatic carbocycles. The van der Waals surface area contributed by atoms with Gasteiger partial charge in [-0.15, -0.1) is 6.58 Å². The lowest BCUT2D eigenvalue weighted by molar-refractivity contribution is 0.0996. The van der Waals surface area contributed by atoms with Crippen molar-refractivity contribution in [2.75, 3.05) is 11.1 Å². The third-order valence-corrected chi connectivity index (χ3v) is 6.30. The van der Waals surface area contributed by atoms with Crippen molar-refractivity contribution in [2.24, 2.45) is 10.7 Å². The maximum absolute atomic E-state index is 14.7. The van der Waals surface area contributed by atoms with Crippen LogP contribution in [-0.4, -0.2) is 30.3 Å². The first-order valence-electron chi connectivity index (χ1n) is 8.62. The molecule has 1 amide bonds. The molecular weight excluding hydrogens is 411 g/mol. The molecule has 0 saturated heterocycles. The van der Waals surface area contributed by atoms with Gasteiger partial charge in [0.15, 0.2) is 5.76 Å². The lowest BCUT2D eigenvalue weighted by Gasteiger charge is -2.35. The fraction of sp³-hybridized carbons (Fsp3) is 0.100. The first-order chi connectivity index (χ1) is 14.2. The number of carbonyl (C=O) groups excluding carboxylic acids is 1. The Labute approximate surface area is 172 Å². The number of guanidine groups is 1. The number of nitrogens with zero attached hydrogens (tertiary/aromatic N) is 2. The Balaban J connectivity index is 2.05. The van der Waals surface area contributed by atoms with Crippen LogP contribution in [0.5, 0.6) is 0 Å². The maximum Gasteiger partial charge on any atom is 0.291 e. The summed E-state index contributed by atoms with van der Waals surface area (Å²) in [6.45, 7) is 10.6. The molecule has 1 aliphatic heterocycles. The Morgan fingerprint density at radius 1 is 1.33 bits per heavy atom. The van der Waals surface area contributed by atoms with Gasteiger partial charge in [0.1, 0.15) is 17.1 Å². The average Bonchev–Trinajstić information content (AvgIpc) is 3.17. The highest BCUT2D eigenvalue weighted by molar-refractivity contribution is 7.89. The molecule has 1 aromatic heterocycles. The number of halogens is 1. The molecule has 1 aromatic carbocycles. The van der Waals surface area contributed by atoms with Gasteiger partial charge in [-0.25, -0.2) is 22.1 Å². The zero-order chi connectivity index (χ0) is 22.1. The number of hydrogen-bond donors (Lipinski definition) is 2. The quantitative estimate of drug-likeness (QED) is 0.683. The van der Waals surface area contributed by atoms with E-state index >= 15 is 0 Å². The van der Waals surface area contributed by atoms with Crippen molar-refractivity contribution in [2.45, 2.75) is 5.54 Å². The number of nitrogens with one attached hydrogen (secondary N) is 1. The molecule has 1 aliphatic rings. The second-order valence-corrected chi connectivity index (χ2v) is 8.24. The number of aliphatic imine (C=N–C) groups is 1.